The fourth-order valence-electron chi connectivity index (χ4n) is 8.92. The second kappa shape index (κ2) is 14.5. The molecular formula is C42H47FN8O6. The Morgan fingerprint density at radius 3 is 2.14 bits per heavy atom. The van der Waals surface area contributed by atoms with E-state index in [1.165, 1.54) is 20.2 Å². The molecule has 2 aliphatic heterocycles. The highest BCUT2D eigenvalue weighted by atomic mass is 19.1. The van der Waals surface area contributed by atoms with E-state index in [2.05, 4.69) is 37.1 Å². The van der Waals surface area contributed by atoms with Crippen molar-refractivity contribution < 1.29 is 33.4 Å². The molecule has 298 valence electrons. The van der Waals surface area contributed by atoms with Crippen LogP contribution >= 0.6 is 0 Å². The summed E-state index contributed by atoms with van der Waals surface area (Å²) in [5.74, 6) is 6.81. The number of H-pyrrole nitrogens is 2. The second-order valence-corrected chi connectivity index (χ2v) is 16.5. The summed E-state index contributed by atoms with van der Waals surface area (Å²) in [7, 11) is 2.71. The largest absolute Gasteiger partial charge is 0.465 e. The number of alkyl carbamates (subject to hydrolysis) is 1. The smallest absolute Gasteiger partial charge is 0.407 e. The number of imidazole rings is 2. The molecule has 2 saturated heterocycles. The molecule has 2 aliphatic carbocycles. The summed E-state index contributed by atoms with van der Waals surface area (Å²) < 4.78 is 20.2. The first-order valence-electron chi connectivity index (χ1n) is 19.5. The summed E-state index contributed by atoms with van der Waals surface area (Å²) in [4.78, 5) is 72.1. The molecule has 57 heavy (non-hydrogen) atoms. The molecule has 0 unspecified atom stereocenters. The maximum absolute atomic E-state index is 15.5. The van der Waals surface area contributed by atoms with Crippen LogP contribution < -0.4 is 5.32 Å². The predicted octanol–water partition coefficient (Wildman–Crippen LogP) is 5.83. The third-order valence-electron chi connectivity index (χ3n) is 12.0. The monoisotopic (exact) mass is 778 g/mol. The van der Waals surface area contributed by atoms with Gasteiger partial charge in [0.05, 0.1) is 36.6 Å². The molecule has 4 aliphatic rings. The Morgan fingerprint density at radius 1 is 0.895 bits per heavy atom. The van der Waals surface area contributed by atoms with Crippen LogP contribution in [0.15, 0.2) is 42.6 Å². The lowest BCUT2D eigenvalue weighted by atomic mass is 10.0. The van der Waals surface area contributed by atoms with E-state index in [1.807, 2.05) is 56.9 Å². The van der Waals surface area contributed by atoms with Crippen LogP contribution in [0.5, 0.6) is 0 Å². The van der Waals surface area contributed by atoms with Crippen LogP contribution in [0.25, 0.3) is 22.3 Å². The number of nitrogens with one attached hydrogen (secondary N) is 3. The van der Waals surface area contributed by atoms with Crippen molar-refractivity contribution in [3.8, 4) is 23.1 Å². The Bertz CT molecular complexity index is 2310. The summed E-state index contributed by atoms with van der Waals surface area (Å²) in [5.41, 5.74) is 3.50. The molecule has 4 aromatic rings. The van der Waals surface area contributed by atoms with Crippen LogP contribution in [0, 0.1) is 41.3 Å². The van der Waals surface area contributed by atoms with Gasteiger partial charge in [0.15, 0.2) is 5.82 Å². The summed E-state index contributed by atoms with van der Waals surface area (Å²) in [6, 6.07) is 8.67. The number of fused-ring (bicyclic) bond motifs is 3. The highest BCUT2D eigenvalue weighted by Gasteiger charge is 2.57. The van der Waals surface area contributed by atoms with E-state index in [-0.39, 0.29) is 53.3 Å². The normalized spacial score (nSPS) is 24.1. The van der Waals surface area contributed by atoms with Crippen molar-refractivity contribution >= 4 is 35.0 Å². The van der Waals surface area contributed by atoms with Crippen LogP contribution in [0.2, 0.25) is 0 Å². The second-order valence-electron chi connectivity index (χ2n) is 16.5. The van der Waals surface area contributed by atoms with Gasteiger partial charge in [0, 0.05) is 30.3 Å². The van der Waals surface area contributed by atoms with Gasteiger partial charge in [-0.3, -0.25) is 14.5 Å². The number of likely N-dealkylation sites (N-methyl/N-ethyl adjacent to an activating group) is 1. The lowest BCUT2D eigenvalue weighted by Crippen LogP contribution is -2.52. The fraction of sp³-hybridized carbons (Fsp3) is 0.476. The molecule has 0 spiro atoms. The number of piperidine rings is 2. The number of rotatable bonds is 9. The number of carboxylic acid groups (broad SMARTS) is 1. The number of hydrogen-bond donors (Lipinski definition) is 4. The number of aromatic nitrogens is 4. The van der Waals surface area contributed by atoms with Crippen LogP contribution in [0.3, 0.4) is 0 Å². The van der Waals surface area contributed by atoms with E-state index in [9.17, 15) is 24.3 Å². The number of likely N-dealkylation sites (tertiary alicyclic amines) is 2. The number of hydrogen-bond acceptors (Lipinski definition) is 7. The number of ether oxygens (including phenoxy) is 1. The number of amides is 4. The van der Waals surface area contributed by atoms with Gasteiger partial charge in [0.2, 0.25) is 11.8 Å². The van der Waals surface area contributed by atoms with Crippen LogP contribution in [-0.4, -0.2) is 102 Å². The van der Waals surface area contributed by atoms with Crippen molar-refractivity contribution in [2.24, 2.45) is 23.7 Å². The zero-order valence-corrected chi connectivity index (χ0v) is 32.7. The summed E-state index contributed by atoms with van der Waals surface area (Å²) in [6.07, 6.45) is 3.23. The minimum absolute atomic E-state index is 0.0558. The highest BCUT2D eigenvalue weighted by molar-refractivity contribution is 5.88. The minimum atomic E-state index is -1.13. The third-order valence-corrected chi connectivity index (χ3v) is 12.0. The van der Waals surface area contributed by atoms with Gasteiger partial charge in [-0.2, -0.15) is 0 Å². The van der Waals surface area contributed by atoms with Gasteiger partial charge in [0.1, 0.15) is 29.2 Å². The van der Waals surface area contributed by atoms with E-state index in [1.54, 1.807) is 17.2 Å². The van der Waals surface area contributed by atoms with Crippen LogP contribution in [-0.2, 0) is 14.3 Å². The van der Waals surface area contributed by atoms with Gasteiger partial charge in [-0.15, -0.1) is 0 Å². The number of carbonyl (C=O) groups excluding carboxylic acids is 3. The Labute approximate surface area is 329 Å². The first-order valence-corrected chi connectivity index (χ1v) is 19.5. The van der Waals surface area contributed by atoms with Crippen molar-refractivity contribution in [2.75, 3.05) is 14.2 Å². The number of carbonyl (C=O) groups is 4. The molecule has 4 N–H and O–H groups in total. The van der Waals surface area contributed by atoms with E-state index in [0.717, 1.165) is 41.0 Å². The van der Waals surface area contributed by atoms with Crippen LogP contribution in [0.4, 0.5) is 14.0 Å². The standard InChI is InChI=1S/C42H47FN8O6/c1-20(2)34(48-41(54)57-6)39(52)50-30-15-26(30)18-33(50)38-45-28-14-23(13-27(43)35(28)47-38)8-7-22-9-11-24(12-10-22)29-19-44-37(46-29)32-17-25-16-31(25)51(32)40(53)36(21(3)4)49(5)42(55)56/h9-14,19-21,25-26,30-34,36H,15-18H2,1-6H3,(H,44,46)(H,45,47)(H,48,54)(H,55,56)/t25-,26+,30-,31-,32+,33+,34+,36+/m1/s1. The van der Waals surface area contributed by atoms with Gasteiger partial charge >= 0.3 is 12.2 Å². The van der Waals surface area contributed by atoms with Crippen molar-refractivity contribution in [1.29, 1.82) is 0 Å². The predicted molar refractivity (Wildman–Crippen MR) is 207 cm³/mol. The first kappa shape index (κ1) is 38.0. The molecule has 4 heterocycles. The lowest BCUT2D eigenvalue weighted by molar-refractivity contribution is -0.140. The van der Waals surface area contributed by atoms with Crippen molar-refractivity contribution in [2.45, 2.75) is 89.6 Å². The fourth-order valence-corrected chi connectivity index (χ4v) is 8.92. The molecule has 4 amide bonds. The third kappa shape index (κ3) is 7.06. The van der Waals surface area contributed by atoms with Gasteiger partial charge in [-0.1, -0.05) is 51.7 Å². The summed E-state index contributed by atoms with van der Waals surface area (Å²) >= 11 is 0. The number of halogens is 1. The summed E-state index contributed by atoms with van der Waals surface area (Å²) in [6.45, 7) is 7.45. The van der Waals surface area contributed by atoms with E-state index in [4.69, 9.17) is 4.74 Å². The van der Waals surface area contributed by atoms with Crippen molar-refractivity contribution in [1.82, 2.24) is 40.0 Å². The Morgan fingerprint density at radius 2 is 1.53 bits per heavy atom. The Balaban J connectivity index is 0.967. The molecular weight excluding hydrogens is 732 g/mol. The average molecular weight is 779 g/mol. The number of aromatic amines is 2. The Kier molecular flexibility index (Phi) is 9.70. The zero-order chi connectivity index (χ0) is 40.4. The molecule has 2 aromatic carbocycles. The summed E-state index contributed by atoms with van der Waals surface area (Å²) in [5, 5.41) is 12.3. The number of nitrogens with zero attached hydrogens (tertiary/aromatic N) is 5. The molecule has 2 aromatic heterocycles. The van der Waals surface area contributed by atoms with Gasteiger partial charge < -0.3 is 34.9 Å². The van der Waals surface area contributed by atoms with E-state index in [0.29, 0.717) is 41.0 Å². The lowest BCUT2D eigenvalue weighted by Gasteiger charge is -2.35. The highest BCUT2D eigenvalue weighted by Crippen LogP contribution is 2.54. The molecule has 0 radical (unpaired) electrons. The topological polar surface area (TPSA) is 177 Å². The van der Waals surface area contributed by atoms with Gasteiger partial charge in [0.25, 0.3) is 0 Å². The van der Waals surface area contributed by atoms with Crippen LogP contribution in [0.1, 0.15) is 88.2 Å². The zero-order valence-electron chi connectivity index (χ0n) is 32.7. The molecule has 0 bridgehead atoms. The van der Waals surface area contributed by atoms with Crippen molar-refractivity contribution in [3.05, 3.63) is 71.2 Å². The number of methoxy groups -OCH3 is 1. The maximum atomic E-state index is 15.5. The SMILES string of the molecule is COC(=O)N[C@H](C(=O)N1[C@@H]2C[C@H]2C[C@H]1c1nc2c(F)cc(C#Cc3ccc(-c4cnc([C@@H]5C[C@H]6C[C@H]6N5C(=O)[C@H](C(C)C)N(C)C(=O)O)[nH]4)cc3)cc2[nH]1)C(C)C. The molecule has 14 nitrogen and oxygen atoms in total. The molecule has 8 atom stereocenters. The quantitative estimate of drug-likeness (QED) is 0.154. The van der Waals surface area contributed by atoms with Gasteiger partial charge in [-0.05, 0) is 79.2 Å². The molecule has 4 fully saturated rings. The van der Waals surface area contributed by atoms with E-state index >= 15 is 4.39 Å². The molecule has 8 rings (SSSR count). The molecule has 15 heteroatoms. The Hall–Kier alpha value is -5.91. The first-order chi connectivity index (χ1) is 27.2. The number of benzene rings is 2. The van der Waals surface area contributed by atoms with Gasteiger partial charge in [-0.25, -0.2) is 23.9 Å². The minimum Gasteiger partial charge on any atom is -0.465 e. The average Bonchev–Trinajstić information content (AvgIpc) is 3.79. The maximum Gasteiger partial charge on any atom is 0.407 e. The van der Waals surface area contributed by atoms with Crippen molar-refractivity contribution in [3.63, 3.8) is 0 Å². The van der Waals surface area contributed by atoms with E-state index < -0.39 is 30.1 Å². The molecule has 2 saturated carbocycles.